The number of aliphatic hydroxyl groups excluding tert-OH is 1. The number of carboxylic acids is 2. The van der Waals surface area contributed by atoms with Crippen LogP contribution in [-0.2, 0) is 30.4 Å². The highest BCUT2D eigenvalue weighted by Crippen LogP contribution is 2.11. The molecule has 9 N–H and O–H groups in total. The van der Waals surface area contributed by atoms with Gasteiger partial charge in [0.25, 0.3) is 0 Å². The number of phenolic OH excluding ortho intramolecular Hbond substituents is 1. The van der Waals surface area contributed by atoms with Crippen LogP contribution in [0.4, 0.5) is 0 Å². The Morgan fingerprint density at radius 1 is 0.861 bits per heavy atom. The van der Waals surface area contributed by atoms with E-state index in [9.17, 15) is 39.3 Å². The number of aromatic hydroxyl groups is 1. The van der Waals surface area contributed by atoms with Crippen molar-refractivity contribution >= 4 is 29.7 Å². The quantitative estimate of drug-likeness (QED) is 0.147. The smallest absolute Gasteiger partial charge is 0.328 e. The lowest BCUT2D eigenvalue weighted by atomic mass is 10.0. The molecule has 5 unspecified atom stereocenters. The Labute approximate surface area is 208 Å². The van der Waals surface area contributed by atoms with E-state index in [1.54, 1.807) is 26.0 Å². The standard InChI is InChI=1S/C23H34N4O9/c1-11(2)18(22(34)27-19(12(3)28)23(35)36)26-21(33)16(8-9-17(30)31)25-20(32)15(24)10-13-4-6-14(29)7-5-13/h4-7,11-12,15-16,18-19,28-29H,8-10,24H2,1-3H3,(H,25,32)(H,26,33)(H,27,34)(H,30,31)(H,35,36). The second kappa shape index (κ2) is 14.0. The van der Waals surface area contributed by atoms with Gasteiger partial charge in [-0.25, -0.2) is 4.79 Å². The summed E-state index contributed by atoms with van der Waals surface area (Å²) in [7, 11) is 0. The van der Waals surface area contributed by atoms with Crippen molar-refractivity contribution in [3.05, 3.63) is 29.8 Å². The van der Waals surface area contributed by atoms with Crippen molar-refractivity contribution in [3.8, 4) is 5.75 Å². The zero-order chi connectivity index (χ0) is 27.6. The summed E-state index contributed by atoms with van der Waals surface area (Å²) in [4.78, 5) is 60.6. The number of hydrogen-bond acceptors (Lipinski definition) is 8. The molecule has 0 aliphatic heterocycles. The second-order valence-electron chi connectivity index (χ2n) is 8.77. The number of phenols is 1. The van der Waals surface area contributed by atoms with E-state index in [1.807, 2.05) is 0 Å². The number of benzene rings is 1. The average Bonchev–Trinajstić information content (AvgIpc) is 2.78. The molecule has 36 heavy (non-hydrogen) atoms. The Bertz CT molecular complexity index is 934. The lowest BCUT2D eigenvalue weighted by molar-refractivity contribution is -0.145. The fraction of sp³-hybridized carbons (Fsp3) is 0.522. The van der Waals surface area contributed by atoms with Crippen LogP contribution in [0.5, 0.6) is 5.75 Å². The molecule has 0 aliphatic rings. The molecule has 13 heteroatoms. The van der Waals surface area contributed by atoms with E-state index in [4.69, 9.17) is 10.8 Å². The molecule has 0 radical (unpaired) electrons. The highest BCUT2D eigenvalue weighted by atomic mass is 16.4. The molecular weight excluding hydrogens is 476 g/mol. The van der Waals surface area contributed by atoms with Gasteiger partial charge in [0.1, 0.15) is 17.8 Å². The van der Waals surface area contributed by atoms with Crippen LogP contribution in [0.15, 0.2) is 24.3 Å². The Morgan fingerprint density at radius 3 is 1.89 bits per heavy atom. The summed E-state index contributed by atoms with van der Waals surface area (Å²) in [5, 5.41) is 44.2. The third-order valence-electron chi connectivity index (χ3n) is 5.30. The monoisotopic (exact) mass is 510 g/mol. The third-order valence-corrected chi connectivity index (χ3v) is 5.30. The minimum absolute atomic E-state index is 0.0362. The van der Waals surface area contributed by atoms with E-state index in [2.05, 4.69) is 16.0 Å². The number of amides is 3. The van der Waals surface area contributed by atoms with Crippen molar-refractivity contribution in [2.45, 2.75) is 70.3 Å². The zero-order valence-electron chi connectivity index (χ0n) is 20.3. The van der Waals surface area contributed by atoms with Gasteiger partial charge in [-0.1, -0.05) is 26.0 Å². The first-order valence-electron chi connectivity index (χ1n) is 11.3. The summed E-state index contributed by atoms with van der Waals surface area (Å²) in [6.07, 6.45) is -2.09. The number of carboxylic acid groups (broad SMARTS) is 2. The maximum Gasteiger partial charge on any atom is 0.328 e. The van der Waals surface area contributed by atoms with E-state index in [0.717, 1.165) is 0 Å². The molecule has 0 fully saturated rings. The molecule has 1 rings (SSSR count). The van der Waals surface area contributed by atoms with Gasteiger partial charge < -0.3 is 42.1 Å². The summed E-state index contributed by atoms with van der Waals surface area (Å²) in [6, 6.07) is 0.686. The molecule has 0 saturated heterocycles. The Kier molecular flexibility index (Phi) is 11.8. The van der Waals surface area contributed by atoms with Gasteiger partial charge in [0.2, 0.25) is 17.7 Å². The summed E-state index contributed by atoms with van der Waals surface area (Å²) in [5.74, 6) is -5.65. The first kappa shape index (κ1) is 30.3. The Morgan fingerprint density at radius 2 is 1.42 bits per heavy atom. The molecule has 0 aliphatic carbocycles. The van der Waals surface area contributed by atoms with Crippen LogP contribution in [0, 0.1) is 5.92 Å². The van der Waals surface area contributed by atoms with Crippen LogP contribution in [0.3, 0.4) is 0 Å². The highest BCUT2D eigenvalue weighted by Gasteiger charge is 2.33. The Balaban J connectivity index is 2.97. The van der Waals surface area contributed by atoms with Gasteiger partial charge in [-0.2, -0.15) is 0 Å². The largest absolute Gasteiger partial charge is 0.508 e. The van der Waals surface area contributed by atoms with E-state index >= 15 is 0 Å². The number of aliphatic carboxylic acids is 2. The fourth-order valence-corrected chi connectivity index (χ4v) is 3.21. The van der Waals surface area contributed by atoms with E-state index in [-0.39, 0.29) is 18.6 Å². The molecule has 5 atom stereocenters. The topological polar surface area (TPSA) is 228 Å². The maximum atomic E-state index is 12.9. The van der Waals surface area contributed by atoms with Gasteiger partial charge >= 0.3 is 11.9 Å². The molecule has 0 heterocycles. The predicted octanol–water partition coefficient (Wildman–Crippen LogP) is -1.30. The summed E-state index contributed by atoms with van der Waals surface area (Å²) >= 11 is 0. The predicted molar refractivity (Wildman–Crippen MR) is 127 cm³/mol. The first-order valence-corrected chi connectivity index (χ1v) is 11.3. The number of nitrogens with two attached hydrogens (primary N) is 1. The van der Waals surface area contributed by atoms with Gasteiger partial charge in [-0.05, 0) is 43.4 Å². The molecule has 200 valence electrons. The molecule has 1 aromatic carbocycles. The van der Waals surface area contributed by atoms with Gasteiger partial charge in [0, 0.05) is 6.42 Å². The fourth-order valence-electron chi connectivity index (χ4n) is 3.21. The average molecular weight is 511 g/mol. The lowest BCUT2D eigenvalue weighted by Gasteiger charge is -2.27. The van der Waals surface area contributed by atoms with Crippen LogP contribution < -0.4 is 21.7 Å². The summed E-state index contributed by atoms with van der Waals surface area (Å²) in [6.45, 7) is 4.35. The van der Waals surface area contributed by atoms with Crippen molar-refractivity contribution in [2.24, 2.45) is 11.7 Å². The molecule has 0 saturated carbocycles. The molecule has 13 nitrogen and oxygen atoms in total. The van der Waals surface area contributed by atoms with E-state index in [0.29, 0.717) is 5.56 Å². The van der Waals surface area contributed by atoms with Crippen molar-refractivity contribution in [2.75, 3.05) is 0 Å². The molecular formula is C23H34N4O9. The van der Waals surface area contributed by atoms with Crippen LogP contribution in [0.2, 0.25) is 0 Å². The molecule has 0 aromatic heterocycles. The number of carbonyl (C=O) groups is 5. The number of nitrogens with one attached hydrogen (secondary N) is 3. The normalized spacial score (nSPS) is 15.2. The number of carbonyl (C=O) groups excluding carboxylic acids is 3. The molecule has 3 amide bonds. The van der Waals surface area contributed by atoms with E-state index < -0.39 is 72.3 Å². The van der Waals surface area contributed by atoms with Crippen LogP contribution in [0.1, 0.15) is 39.2 Å². The number of rotatable bonds is 14. The van der Waals surface area contributed by atoms with Gasteiger partial charge in [0.15, 0.2) is 6.04 Å². The second-order valence-corrected chi connectivity index (χ2v) is 8.77. The van der Waals surface area contributed by atoms with Crippen molar-refractivity contribution in [3.63, 3.8) is 0 Å². The van der Waals surface area contributed by atoms with Crippen molar-refractivity contribution < 1.29 is 44.4 Å². The SMILES string of the molecule is CC(C)C(NC(=O)C(CCC(=O)O)NC(=O)C(N)Cc1ccc(O)cc1)C(=O)NC(C(=O)O)C(C)O. The minimum atomic E-state index is -1.61. The molecule has 1 aromatic rings. The van der Waals surface area contributed by atoms with Crippen molar-refractivity contribution in [1.82, 2.24) is 16.0 Å². The van der Waals surface area contributed by atoms with Crippen LogP contribution >= 0.6 is 0 Å². The molecule has 0 spiro atoms. The van der Waals surface area contributed by atoms with Crippen molar-refractivity contribution in [1.29, 1.82) is 0 Å². The van der Waals surface area contributed by atoms with Gasteiger partial charge in [-0.3, -0.25) is 19.2 Å². The van der Waals surface area contributed by atoms with Crippen LogP contribution in [-0.4, -0.2) is 80.4 Å². The number of aliphatic hydroxyl groups is 1. The van der Waals surface area contributed by atoms with E-state index in [1.165, 1.54) is 19.1 Å². The van der Waals surface area contributed by atoms with Gasteiger partial charge in [-0.15, -0.1) is 0 Å². The number of hydrogen-bond donors (Lipinski definition) is 8. The van der Waals surface area contributed by atoms with Crippen LogP contribution in [0.25, 0.3) is 0 Å². The lowest BCUT2D eigenvalue weighted by Crippen LogP contribution is -2.59. The summed E-state index contributed by atoms with van der Waals surface area (Å²) < 4.78 is 0. The highest BCUT2D eigenvalue weighted by molar-refractivity contribution is 5.94. The summed E-state index contributed by atoms with van der Waals surface area (Å²) in [5.41, 5.74) is 6.58. The maximum absolute atomic E-state index is 12.9. The van der Waals surface area contributed by atoms with Gasteiger partial charge in [0.05, 0.1) is 12.1 Å². The first-order chi connectivity index (χ1) is 16.7. The minimum Gasteiger partial charge on any atom is -0.508 e. The Hall–Kier alpha value is -3.71. The third kappa shape index (κ3) is 9.88. The molecule has 0 bridgehead atoms. The zero-order valence-corrected chi connectivity index (χ0v) is 20.3.